The van der Waals surface area contributed by atoms with Crippen LogP contribution in [0, 0.1) is 47.1 Å². The minimum atomic E-state index is 0.501. The van der Waals surface area contributed by atoms with E-state index in [1.165, 1.54) is 0 Å². The first-order valence-corrected chi connectivity index (χ1v) is 23.1. The maximum absolute atomic E-state index is 10.5. The molecule has 9 aromatic carbocycles. The smallest absolute Gasteiger partial charge is 0.187 e. The van der Waals surface area contributed by atoms with Crippen LogP contribution in [-0.2, 0) is 0 Å². The molecule has 0 saturated heterocycles. The lowest BCUT2D eigenvalue weighted by atomic mass is 9.99. The van der Waals surface area contributed by atoms with Gasteiger partial charge in [-0.3, -0.25) is 4.98 Å². The second kappa shape index (κ2) is 17.4. The normalized spacial score (nSPS) is 11.0. The molecule has 0 aliphatic rings. The van der Waals surface area contributed by atoms with Crippen molar-refractivity contribution in [2.24, 2.45) is 0 Å². The molecule has 0 fully saturated rings. The standard InChI is InChI=1S/C64H34N8/c1-68-51-20-12-45(13-21-51)49-18-25-60-54(34-49)55-35-50(46-14-22-52(69-2)23-15-46)19-26-61(55)71(60)59-24-7-42(38-67)31-53(59)58-39-70-30-29-64(58)72-62-27-16-47(43-8-3-40(36-65)4-9-43)32-56(62)57-33-48(17-28-63(57)72)44-10-5-41(37-66)6-11-44/h3-35,39H. The van der Waals surface area contributed by atoms with Gasteiger partial charge in [-0.25, -0.2) is 9.69 Å². The summed E-state index contributed by atoms with van der Waals surface area (Å²) in [5.74, 6) is 0. The summed E-state index contributed by atoms with van der Waals surface area (Å²) in [4.78, 5) is 12.0. The molecule has 8 nitrogen and oxygen atoms in total. The largest absolute Gasteiger partial charge is 0.309 e. The fourth-order valence-corrected chi connectivity index (χ4v) is 10.0. The third kappa shape index (κ3) is 7.17. The van der Waals surface area contributed by atoms with E-state index in [0.717, 1.165) is 111 Å². The van der Waals surface area contributed by atoms with E-state index in [2.05, 4.69) is 110 Å². The van der Waals surface area contributed by atoms with Crippen LogP contribution in [0.25, 0.3) is 120 Å². The third-order valence-corrected chi connectivity index (χ3v) is 13.6. The van der Waals surface area contributed by atoms with Gasteiger partial charge in [-0.2, -0.15) is 15.8 Å². The molecule has 330 valence electrons. The highest BCUT2D eigenvalue weighted by Gasteiger charge is 2.23. The third-order valence-electron chi connectivity index (χ3n) is 13.6. The number of nitrogens with zero attached hydrogens (tertiary/aromatic N) is 8. The van der Waals surface area contributed by atoms with E-state index in [0.29, 0.717) is 28.1 Å². The zero-order valence-electron chi connectivity index (χ0n) is 38.2. The van der Waals surface area contributed by atoms with E-state index in [-0.39, 0.29) is 0 Å². The molecule has 0 radical (unpaired) electrons. The molecule has 3 aromatic heterocycles. The Kier molecular flexibility index (Phi) is 10.3. The Labute approximate surface area is 414 Å². The quantitative estimate of drug-likeness (QED) is 0.149. The molecule has 0 amide bonds. The Morgan fingerprint density at radius 2 is 0.681 bits per heavy atom. The summed E-state index contributed by atoms with van der Waals surface area (Å²) in [6.45, 7) is 15.0. The molecule has 0 aliphatic heterocycles. The van der Waals surface area contributed by atoms with Gasteiger partial charge in [0.1, 0.15) is 0 Å². The fourth-order valence-electron chi connectivity index (χ4n) is 10.0. The fraction of sp³-hybridized carbons (Fsp3) is 0. The predicted octanol–water partition coefficient (Wildman–Crippen LogP) is 16.3. The van der Waals surface area contributed by atoms with Crippen molar-refractivity contribution in [3.05, 3.63) is 246 Å². The lowest BCUT2D eigenvalue weighted by Gasteiger charge is -2.18. The van der Waals surface area contributed by atoms with Crippen LogP contribution in [0.5, 0.6) is 0 Å². The first kappa shape index (κ1) is 42.5. The number of benzene rings is 9. The Morgan fingerprint density at radius 1 is 0.347 bits per heavy atom. The van der Waals surface area contributed by atoms with Gasteiger partial charge >= 0.3 is 0 Å². The van der Waals surface area contributed by atoms with Gasteiger partial charge in [0.25, 0.3) is 0 Å². The molecular weight excluding hydrogens is 881 g/mol. The average Bonchev–Trinajstić information content (AvgIpc) is 3.96. The molecule has 0 saturated carbocycles. The van der Waals surface area contributed by atoms with Crippen LogP contribution < -0.4 is 0 Å². The molecule has 8 heteroatoms. The highest BCUT2D eigenvalue weighted by Crippen LogP contribution is 2.44. The minimum absolute atomic E-state index is 0.501. The SMILES string of the molecule is [C-]#[N+]c1ccc(-c2ccc3c(c2)c2cc(-c4ccc([N+]#[C-])cc4)ccc2n3-c2ccc(C#N)cc2-c2cnccc2-n2c3ccc(-c4ccc(C#N)cc4)cc3c3cc(-c4ccc(C#N)cc4)ccc32)cc1. The summed E-state index contributed by atoms with van der Waals surface area (Å²) in [7, 11) is 0. The van der Waals surface area contributed by atoms with Crippen LogP contribution in [0.1, 0.15) is 16.7 Å². The zero-order chi connectivity index (χ0) is 48.9. The number of aromatic nitrogens is 3. The molecule has 12 rings (SSSR count). The zero-order valence-corrected chi connectivity index (χ0v) is 38.2. The minimum Gasteiger partial charge on any atom is -0.309 e. The van der Waals surface area contributed by atoms with Gasteiger partial charge in [0.15, 0.2) is 11.4 Å². The molecule has 12 aromatic rings. The van der Waals surface area contributed by atoms with Crippen molar-refractivity contribution in [2.75, 3.05) is 0 Å². The summed E-state index contributed by atoms with van der Waals surface area (Å²) in [5, 5.41) is 33.7. The lowest BCUT2D eigenvalue weighted by molar-refractivity contribution is 1.14. The van der Waals surface area contributed by atoms with Crippen molar-refractivity contribution in [1.82, 2.24) is 14.1 Å². The van der Waals surface area contributed by atoms with Gasteiger partial charge in [0, 0.05) is 45.1 Å². The maximum Gasteiger partial charge on any atom is 0.187 e. The van der Waals surface area contributed by atoms with Crippen molar-refractivity contribution < 1.29 is 0 Å². The molecule has 0 atom stereocenters. The second-order valence-electron chi connectivity index (χ2n) is 17.5. The molecule has 0 aliphatic carbocycles. The van der Waals surface area contributed by atoms with Crippen LogP contribution in [0.4, 0.5) is 11.4 Å². The van der Waals surface area contributed by atoms with Crippen LogP contribution in [0.2, 0.25) is 0 Å². The molecule has 0 bridgehead atoms. The lowest BCUT2D eigenvalue weighted by Crippen LogP contribution is -2.02. The Morgan fingerprint density at radius 3 is 1.04 bits per heavy atom. The number of rotatable bonds is 7. The van der Waals surface area contributed by atoms with Crippen molar-refractivity contribution in [2.45, 2.75) is 0 Å². The number of hydrogen-bond acceptors (Lipinski definition) is 4. The van der Waals surface area contributed by atoms with Crippen molar-refractivity contribution in [3.8, 4) is 85.2 Å². The number of fused-ring (bicyclic) bond motifs is 6. The van der Waals surface area contributed by atoms with Gasteiger partial charge in [0.2, 0.25) is 0 Å². The van der Waals surface area contributed by atoms with Crippen LogP contribution >= 0.6 is 0 Å². The first-order chi connectivity index (χ1) is 35.4. The van der Waals surface area contributed by atoms with Crippen LogP contribution in [-0.4, -0.2) is 14.1 Å². The molecule has 0 unspecified atom stereocenters. The van der Waals surface area contributed by atoms with E-state index in [1.807, 2.05) is 128 Å². The number of nitriles is 3. The average molecular weight is 915 g/mol. The molecule has 3 heterocycles. The van der Waals surface area contributed by atoms with Crippen LogP contribution in [0.15, 0.2) is 207 Å². The molecule has 0 N–H and O–H groups in total. The number of pyridine rings is 1. The molecular formula is C64H34N8. The summed E-state index contributed by atoms with van der Waals surface area (Å²) in [6.07, 6.45) is 3.69. The summed E-state index contributed by atoms with van der Waals surface area (Å²) >= 11 is 0. The van der Waals surface area contributed by atoms with Gasteiger partial charge in [-0.05, 0) is 142 Å². The van der Waals surface area contributed by atoms with Gasteiger partial charge < -0.3 is 9.13 Å². The Balaban J connectivity index is 1.10. The highest BCUT2D eigenvalue weighted by molar-refractivity contribution is 6.14. The Bertz CT molecular complexity index is 4180. The van der Waals surface area contributed by atoms with E-state index < -0.39 is 0 Å². The molecule has 72 heavy (non-hydrogen) atoms. The first-order valence-electron chi connectivity index (χ1n) is 23.1. The van der Waals surface area contributed by atoms with Gasteiger partial charge in [-0.15, -0.1) is 0 Å². The van der Waals surface area contributed by atoms with Crippen molar-refractivity contribution >= 4 is 55.0 Å². The Hall–Kier alpha value is -10.8. The maximum atomic E-state index is 10.5. The molecule has 0 spiro atoms. The second-order valence-corrected chi connectivity index (χ2v) is 17.5. The highest BCUT2D eigenvalue weighted by atomic mass is 15.0. The van der Waals surface area contributed by atoms with E-state index in [9.17, 15) is 15.8 Å². The summed E-state index contributed by atoms with van der Waals surface area (Å²) in [6, 6.07) is 71.2. The van der Waals surface area contributed by atoms with Crippen molar-refractivity contribution in [3.63, 3.8) is 0 Å². The number of hydrogen-bond donors (Lipinski definition) is 0. The monoisotopic (exact) mass is 914 g/mol. The van der Waals surface area contributed by atoms with Gasteiger partial charge in [-0.1, -0.05) is 97.1 Å². The van der Waals surface area contributed by atoms with Crippen LogP contribution in [0.3, 0.4) is 0 Å². The van der Waals surface area contributed by atoms with E-state index in [1.54, 1.807) is 6.20 Å². The summed E-state index contributed by atoms with van der Waals surface area (Å²) < 4.78 is 4.55. The summed E-state index contributed by atoms with van der Waals surface area (Å²) in [5.41, 5.74) is 18.1. The predicted molar refractivity (Wildman–Crippen MR) is 287 cm³/mol. The van der Waals surface area contributed by atoms with E-state index >= 15 is 0 Å². The van der Waals surface area contributed by atoms with E-state index in [4.69, 9.17) is 18.1 Å². The topological polar surface area (TPSA) is 103 Å². The van der Waals surface area contributed by atoms with Crippen molar-refractivity contribution in [1.29, 1.82) is 15.8 Å². The van der Waals surface area contributed by atoms with Gasteiger partial charge in [0.05, 0.1) is 81.5 Å².